The van der Waals surface area contributed by atoms with Crippen molar-refractivity contribution in [3.05, 3.63) is 85.4 Å². The van der Waals surface area contributed by atoms with Crippen LogP contribution in [0, 0.1) is 0 Å². The van der Waals surface area contributed by atoms with Crippen LogP contribution in [0.25, 0.3) is 10.2 Å². The molecule has 5 rings (SSSR count). The summed E-state index contributed by atoms with van der Waals surface area (Å²) in [7, 11) is 0. The molecule has 26 heavy (non-hydrogen) atoms. The molecular weight excluding hydrogens is 362 g/mol. The fraction of sp³-hybridized carbons (Fsp3) is 0.200. The highest BCUT2D eigenvalue weighted by atomic mass is 32.1. The first-order chi connectivity index (χ1) is 12.8. The van der Waals surface area contributed by atoms with Gasteiger partial charge in [-0.25, -0.2) is 4.98 Å². The zero-order valence-electron chi connectivity index (χ0n) is 14.0. The van der Waals surface area contributed by atoms with Gasteiger partial charge >= 0.3 is 0 Å². The zero-order chi connectivity index (χ0) is 17.5. The van der Waals surface area contributed by atoms with Crippen molar-refractivity contribution in [2.45, 2.75) is 19.0 Å². The molecule has 0 bridgehead atoms. The summed E-state index contributed by atoms with van der Waals surface area (Å²) < 4.78 is 0.701. The molecule has 4 heterocycles. The van der Waals surface area contributed by atoms with Crippen LogP contribution in [-0.4, -0.2) is 21.4 Å². The third-order valence-corrected chi connectivity index (χ3v) is 6.80. The van der Waals surface area contributed by atoms with Gasteiger partial charge in [0.25, 0.3) is 5.56 Å². The molecule has 0 amide bonds. The van der Waals surface area contributed by atoms with Gasteiger partial charge in [0.15, 0.2) is 0 Å². The summed E-state index contributed by atoms with van der Waals surface area (Å²) in [5.74, 6) is 0.737. The normalized spacial score (nSPS) is 17.5. The van der Waals surface area contributed by atoms with E-state index < -0.39 is 0 Å². The Bertz CT molecular complexity index is 1110. The molecule has 0 saturated carbocycles. The molecular formula is C20H17N3OS2. The molecule has 1 aliphatic heterocycles. The van der Waals surface area contributed by atoms with E-state index in [0.717, 1.165) is 24.3 Å². The van der Waals surface area contributed by atoms with Gasteiger partial charge in [-0.05, 0) is 40.4 Å². The van der Waals surface area contributed by atoms with Crippen molar-refractivity contribution in [1.82, 2.24) is 14.9 Å². The maximum Gasteiger partial charge on any atom is 0.268 e. The Kier molecular flexibility index (Phi) is 3.96. The van der Waals surface area contributed by atoms with Gasteiger partial charge in [0.2, 0.25) is 0 Å². The summed E-state index contributed by atoms with van der Waals surface area (Å²) in [5, 5.41) is 4.10. The third-order valence-electron chi connectivity index (χ3n) is 4.90. The average molecular weight is 380 g/mol. The van der Waals surface area contributed by atoms with Crippen molar-refractivity contribution in [2.75, 3.05) is 6.54 Å². The predicted molar refractivity (Wildman–Crippen MR) is 107 cm³/mol. The second-order valence-corrected chi connectivity index (χ2v) is 8.40. The molecule has 1 aliphatic rings. The molecule has 0 radical (unpaired) electrons. The summed E-state index contributed by atoms with van der Waals surface area (Å²) in [6.07, 6.45) is 1.04. The molecule has 0 fully saturated rings. The first-order valence-corrected chi connectivity index (χ1v) is 10.4. The van der Waals surface area contributed by atoms with Gasteiger partial charge in [-0.2, -0.15) is 0 Å². The molecule has 3 aromatic heterocycles. The molecule has 1 aromatic carbocycles. The third kappa shape index (κ3) is 2.70. The second kappa shape index (κ2) is 6.46. The van der Waals surface area contributed by atoms with E-state index in [2.05, 4.69) is 56.6 Å². The van der Waals surface area contributed by atoms with Crippen molar-refractivity contribution in [2.24, 2.45) is 0 Å². The lowest BCUT2D eigenvalue weighted by Gasteiger charge is -2.35. The molecule has 0 saturated heterocycles. The summed E-state index contributed by atoms with van der Waals surface area (Å²) >= 11 is 3.28. The van der Waals surface area contributed by atoms with E-state index >= 15 is 0 Å². The first-order valence-electron chi connectivity index (χ1n) is 8.61. The minimum atomic E-state index is -0.0375. The van der Waals surface area contributed by atoms with Crippen LogP contribution in [0.3, 0.4) is 0 Å². The van der Waals surface area contributed by atoms with Gasteiger partial charge in [-0.15, -0.1) is 22.7 Å². The maximum atomic E-state index is 12.3. The number of nitrogens with zero attached hydrogens (tertiary/aromatic N) is 2. The van der Waals surface area contributed by atoms with E-state index in [-0.39, 0.29) is 11.6 Å². The molecule has 4 nitrogen and oxygen atoms in total. The van der Waals surface area contributed by atoms with Gasteiger partial charge in [-0.1, -0.05) is 30.3 Å². The fourth-order valence-corrected chi connectivity index (χ4v) is 5.38. The van der Waals surface area contributed by atoms with Crippen LogP contribution in [0.2, 0.25) is 0 Å². The van der Waals surface area contributed by atoms with Gasteiger partial charge in [0.05, 0.1) is 18.1 Å². The smallest absolute Gasteiger partial charge is 0.268 e. The SMILES string of the molecule is O=c1[nH]c(CN2CCc3sccc3C2c2ccccc2)nc2ccsc12. The number of hydrogen-bond acceptors (Lipinski definition) is 5. The van der Waals surface area contributed by atoms with Crippen molar-refractivity contribution < 1.29 is 0 Å². The molecule has 4 aromatic rings. The number of aromatic nitrogens is 2. The molecule has 1 N–H and O–H groups in total. The second-order valence-electron chi connectivity index (χ2n) is 6.48. The highest BCUT2D eigenvalue weighted by Gasteiger charge is 2.30. The number of nitrogens with one attached hydrogen (secondary N) is 1. The summed E-state index contributed by atoms with van der Waals surface area (Å²) in [6, 6.07) is 15.0. The lowest BCUT2D eigenvalue weighted by atomic mass is 9.93. The Morgan fingerprint density at radius 3 is 2.85 bits per heavy atom. The minimum Gasteiger partial charge on any atom is -0.308 e. The van der Waals surface area contributed by atoms with Crippen LogP contribution in [0.4, 0.5) is 0 Å². The van der Waals surface area contributed by atoms with Gasteiger partial charge in [-0.3, -0.25) is 9.69 Å². The van der Waals surface area contributed by atoms with Gasteiger partial charge in [0, 0.05) is 11.4 Å². The van der Waals surface area contributed by atoms with Crippen LogP contribution < -0.4 is 5.56 Å². The molecule has 6 heteroatoms. The Hall–Kier alpha value is -2.28. The fourth-order valence-electron chi connectivity index (χ4n) is 3.75. The quantitative estimate of drug-likeness (QED) is 0.581. The topological polar surface area (TPSA) is 49.0 Å². The first kappa shape index (κ1) is 15.9. The van der Waals surface area contributed by atoms with E-state index in [1.807, 2.05) is 22.8 Å². The Balaban J connectivity index is 1.55. The Labute approximate surface area is 158 Å². The van der Waals surface area contributed by atoms with Crippen LogP contribution in [0.1, 0.15) is 27.9 Å². The Morgan fingerprint density at radius 1 is 1.12 bits per heavy atom. The standard InChI is InChI=1S/C20H17N3OS2/c24-20-19-15(8-11-26-19)21-17(22-20)12-23-9-6-16-14(7-10-25-16)18(23)13-4-2-1-3-5-13/h1-5,7-8,10-11,18H,6,9,12H2,(H,21,22,24). The summed E-state index contributed by atoms with van der Waals surface area (Å²) in [6.45, 7) is 1.59. The number of benzene rings is 1. The number of fused-ring (bicyclic) bond motifs is 2. The van der Waals surface area contributed by atoms with E-state index in [1.54, 1.807) is 0 Å². The van der Waals surface area contributed by atoms with Crippen LogP contribution in [0.5, 0.6) is 0 Å². The highest BCUT2D eigenvalue weighted by Crippen LogP contribution is 2.38. The largest absolute Gasteiger partial charge is 0.308 e. The number of hydrogen-bond donors (Lipinski definition) is 1. The minimum absolute atomic E-state index is 0.0375. The van der Waals surface area contributed by atoms with E-state index in [1.165, 1.54) is 27.3 Å². The number of aromatic amines is 1. The predicted octanol–water partition coefficient (Wildman–Crippen LogP) is 4.19. The van der Waals surface area contributed by atoms with Crippen LogP contribution in [-0.2, 0) is 13.0 Å². The summed E-state index contributed by atoms with van der Waals surface area (Å²) in [4.78, 5) is 23.8. The van der Waals surface area contributed by atoms with E-state index in [4.69, 9.17) is 0 Å². The van der Waals surface area contributed by atoms with E-state index in [9.17, 15) is 4.79 Å². The number of rotatable bonds is 3. The number of H-pyrrole nitrogens is 1. The van der Waals surface area contributed by atoms with Crippen LogP contribution >= 0.6 is 22.7 Å². The lowest BCUT2D eigenvalue weighted by Crippen LogP contribution is -2.35. The lowest BCUT2D eigenvalue weighted by molar-refractivity contribution is 0.201. The molecule has 1 unspecified atom stereocenters. The molecule has 130 valence electrons. The maximum absolute atomic E-state index is 12.3. The van der Waals surface area contributed by atoms with Gasteiger partial charge < -0.3 is 4.98 Å². The van der Waals surface area contributed by atoms with Crippen molar-refractivity contribution >= 4 is 32.9 Å². The van der Waals surface area contributed by atoms with Crippen molar-refractivity contribution in [3.8, 4) is 0 Å². The van der Waals surface area contributed by atoms with Crippen molar-refractivity contribution in [3.63, 3.8) is 0 Å². The Morgan fingerprint density at radius 2 is 1.96 bits per heavy atom. The summed E-state index contributed by atoms with van der Waals surface area (Å²) in [5.41, 5.74) is 3.42. The average Bonchev–Trinajstić information content (AvgIpc) is 3.31. The van der Waals surface area contributed by atoms with E-state index in [0.29, 0.717) is 11.2 Å². The number of thiophene rings is 2. The molecule has 0 aliphatic carbocycles. The highest BCUT2D eigenvalue weighted by molar-refractivity contribution is 7.17. The van der Waals surface area contributed by atoms with Crippen molar-refractivity contribution in [1.29, 1.82) is 0 Å². The van der Waals surface area contributed by atoms with Crippen LogP contribution in [0.15, 0.2) is 58.0 Å². The molecule has 0 spiro atoms. The zero-order valence-corrected chi connectivity index (χ0v) is 15.6. The molecule has 1 atom stereocenters. The van der Waals surface area contributed by atoms with Gasteiger partial charge in [0.1, 0.15) is 10.5 Å². The monoisotopic (exact) mass is 379 g/mol.